The Morgan fingerprint density at radius 3 is 2.04 bits per heavy atom. The van der Waals surface area contributed by atoms with Crippen molar-refractivity contribution in [2.24, 2.45) is 17.8 Å². The van der Waals surface area contributed by atoms with Gasteiger partial charge in [0.1, 0.15) is 60.9 Å². The molecule has 11 N–H and O–H groups in total. The Morgan fingerprint density at radius 2 is 1.46 bits per heavy atom. The van der Waals surface area contributed by atoms with Crippen LogP contribution < -0.4 is 21.9 Å². The zero-order chi connectivity index (χ0) is 40.2. The van der Waals surface area contributed by atoms with Gasteiger partial charge in [-0.3, -0.25) is 23.9 Å². The number of ether oxygens (including phenoxy) is 4. The molecule has 9 unspecified atom stereocenters. The standard InChI is InChI=1S/C34H56N4O16/c1-13(2)15(4)10-14(3)6-7-20(42)36-23-27(47)24(44)18(51-33(23)54-32-22(35-16(5)40)26(46)25(45)19(12-39)52-32)11-17(41)30-28(48)29(49)31(53-30)38-9-8-21(43)37-34(38)50/h8-9,13-15,17-19,22-33,39,41,44-49H,6-7,10-12H2,1-5H3,(H,35,40)(H,36,42)(H,37,43,50)/t14?,15?,17-,18-,19+,22?,23?,24?,25?,26?,27?,28+,29-,30?,31-,32-,33+/m1/s1. The number of aliphatic hydroxyl groups is 8. The van der Waals surface area contributed by atoms with Gasteiger partial charge in [0, 0.05) is 32.0 Å². The van der Waals surface area contributed by atoms with Crippen LogP contribution in [0.25, 0.3) is 0 Å². The first-order chi connectivity index (χ1) is 25.3. The van der Waals surface area contributed by atoms with Gasteiger partial charge in [0.25, 0.3) is 5.56 Å². The van der Waals surface area contributed by atoms with E-state index in [2.05, 4.69) is 31.4 Å². The van der Waals surface area contributed by atoms with Gasteiger partial charge in [-0.25, -0.2) is 4.79 Å². The van der Waals surface area contributed by atoms with Crippen LogP contribution in [0.1, 0.15) is 66.5 Å². The number of nitrogens with one attached hydrogen (secondary N) is 3. The number of aromatic amines is 1. The first-order valence-electron chi connectivity index (χ1n) is 18.2. The van der Waals surface area contributed by atoms with Crippen LogP contribution in [0, 0.1) is 17.8 Å². The summed E-state index contributed by atoms with van der Waals surface area (Å²) >= 11 is 0. The number of carbonyl (C=O) groups is 2. The second-order valence-electron chi connectivity index (χ2n) is 15.1. The van der Waals surface area contributed by atoms with Crippen LogP contribution >= 0.6 is 0 Å². The third kappa shape index (κ3) is 10.3. The summed E-state index contributed by atoms with van der Waals surface area (Å²) in [5, 5.41) is 91.4. The molecule has 3 fully saturated rings. The Hall–Kier alpha value is -2.86. The van der Waals surface area contributed by atoms with Gasteiger partial charge < -0.3 is 70.4 Å². The predicted molar refractivity (Wildman–Crippen MR) is 184 cm³/mol. The smallest absolute Gasteiger partial charge is 0.330 e. The Balaban J connectivity index is 1.56. The van der Waals surface area contributed by atoms with Gasteiger partial charge in [0.15, 0.2) is 18.8 Å². The summed E-state index contributed by atoms with van der Waals surface area (Å²) in [5.41, 5.74) is -1.68. The molecule has 4 heterocycles. The molecule has 2 amide bonds. The van der Waals surface area contributed by atoms with Crippen molar-refractivity contribution < 1.29 is 69.4 Å². The molecule has 4 rings (SSSR count). The highest BCUT2D eigenvalue weighted by Gasteiger charge is 2.53. The molecule has 3 saturated heterocycles. The predicted octanol–water partition coefficient (Wildman–Crippen LogP) is -4.10. The molecule has 3 aliphatic heterocycles. The average Bonchev–Trinajstić information content (AvgIpc) is 3.40. The average molecular weight is 777 g/mol. The SMILES string of the molecule is CC(=O)NC1C(O)C(O)[C@H](CO)O[C@@H]1O[C@@H]1O[C@H](C[C@@H](O)C2O[C@@H](n3ccc(=O)[nH]c3=O)[C@H](O)[C@@H]2O)C(O)C(O)C1NC(=O)CCC(C)CC(C)C(C)C. The van der Waals surface area contributed by atoms with Crippen molar-refractivity contribution in [3.8, 4) is 0 Å². The number of H-pyrrole nitrogens is 1. The van der Waals surface area contributed by atoms with Crippen molar-refractivity contribution in [3.05, 3.63) is 33.1 Å². The number of nitrogens with zero attached hydrogens (tertiary/aromatic N) is 1. The molecule has 20 nitrogen and oxygen atoms in total. The molecule has 0 saturated carbocycles. The van der Waals surface area contributed by atoms with Gasteiger partial charge in [0.05, 0.1) is 18.8 Å². The minimum absolute atomic E-state index is 0.0326. The molecule has 1 aromatic heterocycles. The highest BCUT2D eigenvalue weighted by atomic mass is 16.8. The lowest BCUT2D eigenvalue weighted by atomic mass is 9.86. The molecule has 3 aliphatic rings. The van der Waals surface area contributed by atoms with Crippen LogP contribution in [0.3, 0.4) is 0 Å². The van der Waals surface area contributed by atoms with Gasteiger partial charge in [-0.15, -0.1) is 0 Å². The van der Waals surface area contributed by atoms with E-state index in [1.54, 1.807) is 0 Å². The summed E-state index contributed by atoms with van der Waals surface area (Å²) in [4.78, 5) is 51.1. The number of hydrogen-bond acceptors (Lipinski definition) is 16. The van der Waals surface area contributed by atoms with Crippen LogP contribution in [0.5, 0.6) is 0 Å². The third-order valence-corrected chi connectivity index (χ3v) is 10.6. The quantitative estimate of drug-likeness (QED) is 0.0807. The Bertz CT molecular complexity index is 1510. The third-order valence-electron chi connectivity index (χ3n) is 10.6. The molecule has 0 spiro atoms. The Morgan fingerprint density at radius 1 is 0.870 bits per heavy atom. The molecule has 17 atom stereocenters. The summed E-state index contributed by atoms with van der Waals surface area (Å²) in [5.74, 6) is -0.145. The number of rotatable bonds is 15. The van der Waals surface area contributed by atoms with Crippen molar-refractivity contribution in [3.63, 3.8) is 0 Å². The first kappa shape index (κ1) is 43.9. The van der Waals surface area contributed by atoms with Crippen molar-refractivity contribution >= 4 is 11.8 Å². The number of aromatic nitrogens is 2. The second-order valence-corrected chi connectivity index (χ2v) is 15.1. The molecule has 20 heteroatoms. The maximum absolute atomic E-state index is 13.3. The normalized spacial score (nSPS) is 37.4. The van der Waals surface area contributed by atoms with E-state index in [1.165, 1.54) is 0 Å². The van der Waals surface area contributed by atoms with Gasteiger partial charge in [-0.2, -0.15) is 0 Å². The number of amides is 2. The molecule has 308 valence electrons. The number of carbonyl (C=O) groups excluding carboxylic acids is 2. The van der Waals surface area contributed by atoms with E-state index in [-0.39, 0.29) is 12.3 Å². The highest BCUT2D eigenvalue weighted by molar-refractivity contribution is 5.76. The second kappa shape index (κ2) is 18.9. The van der Waals surface area contributed by atoms with Gasteiger partial charge in [-0.05, 0) is 30.6 Å². The summed E-state index contributed by atoms with van der Waals surface area (Å²) in [6.07, 6.45) is -19.9. The maximum atomic E-state index is 13.3. The highest BCUT2D eigenvalue weighted by Crippen LogP contribution is 2.34. The van der Waals surface area contributed by atoms with E-state index in [0.717, 1.165) is 30.2 Å². The van der Waals surface area contributed by atoms with Crippen LogP contribution in [0.4, 0.5) is 0 Å². The van der Waals surface area contributed by atoms with E-state index >= 15 is 0 Å². The molecular weight excluding hydrogens is 720 g/mol. The lowest BCUT2D eigenvalue weighted by Gasteiger charge is -2.47. The topological polar surface area (TPSA) is 312 Å². The Kier molecular flexibility index (Phi) is 15.3. The zero-order valence-corrected chi connectivity index (χ0v) is 30.9. The molecular formula is C34H56N4O16. The monoisotopic (exact) mass is 776 g/mol. The minimum atomic E-state index is -1.83. The molecule has 0 bridgehead atoms. The van der Waals surface area contributed by atoms with Gasteiger partial charge in [-0.1, -0.05) is 27.7 Å². The van der Waals surface area contributed by atoms with Crippen LogP contribution in [-0.4, -0.2) is 155 Å². The van der Waals surface area contributed by atoms with Crippen molar-refractivity contribution in [2.45, 2.75) is 152 Å². The lowest BCUT2D eigenvalue weighted by Crippen LogP contribution is -2.69. The minimum Gasteiger partial charge on any atom is -0.394 e. The fourth-order valence-corrected chi connectivity index (χ4v) is 7.01. The fraction of sp³-hybridized carbons (Fsp3) is 0.824. The summed E-state index contributed by atoms with van der Waals surface area (Å²) in [6, 6.07) is -1.97. The Labute approximate surface area is 311 Å². The van der Waals surface area contributed by atoms with Crippen molar-refractivity contribution in [1.82, 2.24) is 20.2 Å². The van der Waals surface area contributed by atoms with Crippen molar-refractivity contribution in [1.29, 1.82) is 0 Å². The van der Waals surface area contributed by atoms with Crippen LogP contribution in [0.15, 0.2) is 21.9 Å². The molecule has 0 aromatic carbocycles. The zero-order valence-electron chi connectivity index (χ0n) is 30.9. The van der Waals surface area contributed by atoms with Crippen LogP contribution in [-0.2, 0) is 28.5 Å². The lowest BCUT2D eigenvalue weighted by molar-refractivity contribution is -0.347. The van der Waals surface area contributed by atoms with Crippen molar-refractivity contribution in [2.75, 3.05) is 6.61 Å². The van der Waals surface area contributed by atoms with E-state index < -0.39 is 128 Å². The summed E-state index contributed by atoms with van der Waals surface area (Å²) < 4.78 is 24.1. The van der Waals surface area contributed by atoms with E-state index in [1.807, 2.05) is 11.9 Å². The number of hydrogen-bond donors (Lipinski definition) is 11. The number of aliphatic hydroxyl groups excluding tert-OH is 8. The summed E-state index contributed by atoms with van der Waals surface area (Å²) in [7, 11) is 0. The first-order valence-corrected chi connectivity index (χ1v) is 18.2. The van der Waals surface area contributed by atoms with E-state index in [4.69, 9.17) is 18.9 Å². The maximum Gasteiger partial charge on any atom is 0.330 e. The summed E-state index contributed by atoms with van der Waals surface area (Å²) in [6.45, 7) is 8.72. The van der Waals surface area contributed by atoms with Gasteiger partial charge >= 0.3 is 5.69 Å². The van der Waals surface area contributed by atoms with E-state index in [9.17, 15) is 60.0 Å². The van der Waals surface area contributed by atoms with E-state index in [0.29, 0.717) is 18.3 Å². The molecule has 1 aromatic rings. The molecule has 0 aliphatic carbocycles. The molecule has 54 heavy (non-hydrogen) atoms. The van der Waals surface area contributed by atoms with Gasteiger partial charge in [0.2, 0.25) is 11.8 Å². The van der Waals surface area contributed by atoms with Crippen LogP contribution in [0.2, 0.25) is 0 Å². The molecule has 0 radical (unpaired) electrons. The largest absolute Gasteiger partial charge is 0.394 e. The fourth-order valence-electron chi connectivity index (χ4n) is 7.01.